The van der Waals surface area contributed by atoms with E-state index < -0.39 is 0 Å². The lowest BCUT2D eigenvalue weighted by atomic mass is 10.3. The van der Waals surface area contributed by atoms with E-state index in [2.05, 4.69) is 32.4 Å². The molecule has 0 aliphatic rings. The van der Waals surface area contributed by atoms with Crippen molar-refractivity contribution < 1.29 is 4.79 Å². The van der Waals surface area contributed by atoms with Gasteiger partial charge in [-0.2, -0.15) is 11.8 Å². The zero-order valence-corrected chi connectivity index (χ0v) is 16.5. The van der Waals surface area contributed by atoms with Gasteiger partial charge in [0.1, 0.15) is 0 Å². The van der Waals surface area contributed by atoms with Crippen LogP contribution in [0.1, 0.15) is 11.4 Å². The molecule has 0 aliphatic carbocycles. The maximum Gasteiger partial charge on any atom is 0.248 e. The lowest BCUT2D eigenvalue weighted by Crippen LogP contribution is -2.44. The number of H-pyrrole nitrogens is 1. The van der Waals surface area contributed by atoms with Crippen molar-refractivity contribution in [3.05, 3.63) is 41.7 Å². The molecule has 0 aliphatic heterocycles. The van der Waals surface area contributed by atoms with E-state index >= 15 is 0 Å². The number of aromatic nitrogens is 2. The molecule has 1 aromatic heterocycles. The monoisotopic (exact) mass is 395 g/mol. The third-order valence-electron chi connectivity index (χ3n) is 3.19. The largest absolute Gasteiger partial charge is 0.337 e. The van der Waals surface area contributed by atoms with Gasteiger partial charge < -0.3 is 10.3 Å². The van der Waals surface area contributed by atoms with Crippen molar-refractivity contribution in [3.63, 3.8) is 0 Å². The van der Waals surface area contributed by atoms with E-state index in [1.807, 2.05) is 37.3 Å². The van der Waals surface area contributed by atoms with Crippen LogP contribution in [0.25, 0.3) is 0 Å². The van der Waals surface area contributed by atoms with Gasteiger partial charge in [0, 0.05) is 17.8 Å². The number of thioether (sulfide) groups is 2. The third kappa shape index (κ3) is 6.97. The number of imidazole rings is 1. The van der Waals surface area contributed by atoms with Crippen LogP contribution in [0.3, 0.4) is 0 Å². The normalized spacial score (nSPS) is 10.3. The molecule has 0 saturated heterocycles. The van der Waals surface area contributed by atoms with Crippen LogP contribution < -0.4 is 16.2 Å². The average molecular weight is 396 g/mol. The second-order valence-corrected chi connectivity index (χ2v) is 7.50. The third-order valence-corrected chi connectivity index (χ3v) is 4.88. The van der Waals surface area contributed by atoms with Gasteiger partial charge in [-0.05, 0) is 43.3 Å². The maximum absolute atomic E-state index is 11.9. The fraction of sp³-hybridized carbons (Fsp3) is 0.312. The van der Waals surface area contributed by atoms with Crippen molar-refractivity contribution in [2.45, 2.75) is 18.5 Å². The lowest BCUT2D eigenvalue weighted by molar-refractivity contribution is -0.119. The Kier molecular flexibility index (Phi) is 8.10. The van der Waals surface area contributed by atoms with Crippen molar-refractivity contribution in [2.75, 3.05) is 23.1 Å². The average Bonchev–Trinajstić information content (AvgIpc) is 2.97. The number of aryl methyl sites for hydroxylation is 2. The number of nitrogens with one attached hydrogen (secondary N) is 4. The van der Waals surface area contributed by atoms with Gasteiger partial charge in [-0.25, -0.2) is 4.98 Å². The van der Waals surface area contributed by atoms with Crippen molar-refractivity contribution in [3.8, 4) is 0 Å². The van der Waals surface area contributed by atoms with E-state index in [4.69, 9.17) is 12.2 Å². The quantitative estimate of drug-likeness (QED) is 0.326. The number of rotatable bonds is 7. The molecular formula is C16H21N5OS3. The number of hydrazine groups is 1. The fourth-order valence-corrected chi connectivity index (χ4v) is 3.26. The highest BCUT2D eigenvalue weighted by atomic mass is 32.2. The maximum atomic E-state index is 11.9. The van der Waals surface area contributed by atoms with Gasteiger partial charge in [0.05, 0.1) is 11.4 Å². The Morgan fingerprint density at radius 3 is 2.76 bits per heavy atom. The Hall–Kier alpha value is -1.71. The van der Waals surface area contributed by atoms with E-state index in [1.165, 1.54) is 11.8 Å². The molecular weight excluding hydrogens is 374 g/mol. The summed E-state index contributed by atoms with van der Waals surface area (Å²) in [5.74, 6) is 1.10. The minimum absolute atomic E-state index is 0.179. The first kappa shape index (κ1) is 19.6. The van der Waals surface area contributed by atoms with Crippen LogP contribution in [0.15, 0.2) is 35.5 Å². The number of hydrogen-bond donors (Lipinski definition) is 4. The Morgan fingerprint density at radius 1 is 1.28 bits per heavy atom. The van der Waals surface area contributed by atoms with Crippen LogP contribution in [-0.4, -0.2) is 38.7 Å². The summed E-state index contributed by atoms with van der Waals surface area (Å²) >= 11 is 8.28. The summed E-state index contributed by atoms with van der Waals surface area (Å²) in [5, 5.41) is 4.07. The molecule has 0 bridgehead atoms. The van der Waals surface area contributed by atoms with Gasteiger partial charge in [-0.1, -0.05) is 30.0 Å². The Balaban J connectivity index is 1.71. The summed E-state index contributed by atoms with van der Waals surface area (Å²) < 4.78 is 0. The first-order valence-electron chi connectivity index (χ1n) is 7.66. The van der Waals surface area contributed by atoms with E-state index in [1.54, 1.807) is 11.8 Å². The second-order valence-electron chi connectivity index (χ2n) is 5.14. The molecule has 1 aromatic carbocycles. The molecule has 0 spiro atoms. The van der Waals surface area contributed by atoms with Gasteiger partial charge in [0.25, 0.3) is 0 Å². The number of para-hydroxylation sites is 1. The molecule has 134 valence electrons. The first-order chi connectivity index (χ1) is 12.1. The summed E-state index contributed by atoms with van der Waals surface area (Å²) in [5.41, 5.74) is 8.23. The van der Waals surface area contributed by atoms with Crippen LogP contribution in [0.2, 0.25) is 0 Å². The van der Waals surface area contributed by atoms with E-state index in [0.29, 0.717) is 5.11 Å². The molecule has 0 saturated carbocycles. The van der Waals surface area contributed by atoms with Crippen LogP contribution in [-0.2, 0) is 11.2 Å². The molecule has 1 heterocycles. The highest BCUT2D eigenvalue weighted by Crippen LogP contribution is 2.17. The zero-order chi connectivity index (χ0) is 18.1. The molecule has 1 amide bonds. The number of thiocarbonyl (C=S) groups is 1. The number of benzene rings is 1. The van der Waals surface area contributed by atoms with Gasteiger partial charge in [-0.3, -0.25) is 15.6 Å². The minimum Gasteiger partial charge on any atom is -0.337 e. The second kappa shape index (κ2) is 10.3. The molecule has 9 heteroatoms. The molecule has 2 aromatic rings. The molecule has 6 nitrogen and oxygen atoms in total. The highest BCUT2D eigenvalue weighted by molar-refractivity contribution is 7.99. The van der Waals surface area contributed by atoms with Gasteiger partial charge in [0.2, 0.25) is 5.91 Å². The predicted molar refractivity (Wildman–Crippen MR) is 110 cm³/mol. The standard InChI is InChI=1S/C16H21N5OS3/c1-11-13(8-9-24-2)19-16(17-11)25-10-14(22)20-21-15(23)18-12-6-4-3-5-7-12/h3-7H,8-10H2,1-2H3,(H,17,19)(H,20,22)(H2,18,21,23). The van der Waals surface area contributed by atoms with Gasteiger partial charge in [-0.15, -0.1) is 0 Å². The number of nitrogens with zero attached hydrogens (tertiary/aromatic N) is 1. The summed E-state index contributed by atoms with van der Waals surface area (Å²) in [6, 6.07) is 9.50. The van der Waals surface area contributed by atoms with E-state index in [9.17, 15) is 4.79 Å². The number of carbonyl (C=O) groups is 1. The molecule has 4 N–H and O–H groups in total. The van der Waals surface area contributed by atoms with Gasteiger partial charge >= 0.3 is 0 Å². The van der Waals surface area contributed by atoms with Crippen molar-refractivity contribution >= 4 is 52.4 Å². The number of amides is 1. The molecule has 0 unspecified atom stereocenters. The fourth-order valence-electron chi connectivity index (χ4n) is 1.96. The number of hydrogen-bond acceptors (Lipinski definition) is 5. The summed E-state index contributed by atoms with van der Waals surface area (Å²) in [7, 11) is 0. The summed E-state index contributed by atoms with van der Waals surface area (Å²) in [6.45, 7) is 2.00. The summed E-state index contributed by atoms with van der Waals surface area (Å²) in [6.07, 6.45) is 3.00. The van der Waals surface area contributed by atoms with Crippen molar-refractivity contribution in [1.82, 2.24) is 20.8 Å². The first-order valence-corrected chi connectivity index (χ1v) is 10.5. The van der Waals surface area contributed by atoms with Crippen molar-refractivity contribution in [2.24, 2.45) is 0 Å². The highest BCUT2D eigenvalue weighted by Gasteiger charge is 2.09. The van der Waals surface area contributed by atoms with E-state index in [0.717, 1.165) is 34.4 Å². The van der Waals surface area contributed by atoms with Crippen LogP contribution in [0.4, 0.5) is 5.69 Å². The SMILES string of the molecule is CSCCc1nc(SCC(=O)NNC(=S)Nc2ccccc2)[nH]c1C. The Morgan fingerprint density at radius 2 is 2.04 bits per heavy atom. The molecule has 2 rings (SSSR count). The zero-order valence-electron chi connectivity index (χ0n) is 14.1. The van der Waals surface area contributed by atoms with Crippen molar-refractivity contribution in [1.29, 1.82) is 0 Å². The smallest absolute Gasteiger partial charge is 0.248 e. The number of anilines is 1. The molecule has 0 atom stereocenters. The van der Waals surface area contributed by atoms with Crippen LogP contribution in [0, 0.1) is 6.92 Å². The summed E-state index contributed by atoms with van der Waals surface area (Å²) in [4.78, 5) is 19.6. The number of aromatic amines is 1. The van der Waals surface area contributed by atoms with Crippen LogP contribution >= 0.6 is 35.7 Å². The van der Waals surface area contributed by atoms with E-state index in [-0.39, 0.29) is 11.7 Å². The minimum atomic E-state index is -0.179. The Bertz CT molecular complexity index is 705. The number of carbonyl (C=O) groups excluding carboxylic acids is 1. The predicted octanol–water partition coefficient (Wildman–Crippen LogP) is 2.73. The van der Waals surface area contributed by atoms with Gasteiger partial charge in [0.15, 0.2) is 10.3 Å². The Labute approximate surface area is 161 Å². The molecule has 0 radical (unpaired) electrons. The lowest BCUT2D eigenvalue weighted by Gasteiger charge is -2.11. The molecule has 0 fully saturated rings. The molecule has 25 heavy (non-hydrogen) atoms. The topological polar surface area (TPSA) is 81.8 Å². The van der Waals surface area contributed by atoms with Crippen LogP contribution in [0.5, 0.6) is 0 Å².